The zero-order valence-corrected chi connectivity index (χ0v) is 22.8. The van der Waals surface area contributed by atoms with Crippen molar-refractivity contribution in [3.63, 3.8) is 0 Å². The second-order valence-corrected chi connectivity index (χ2v) is 9.50. The van der Waals surface area contributed by atoms with Crippen LogP contribution in [0.5, 0.6) is 11.5 Å². The number of quaternary nitrogens is 1. The number of ether oxygens (including phenoxy) is 2. The van der Waals surface area contributed by atoms with Crippen molar-refractivity contribution in [1.82, 2.24) is 14.5 Å². The van der Waals surface area contributed by atoms with Crippen LogP contribution in [-0.4, -0.2) is 78.7 Å². The van der Waals surface area contributed by atoms with Gasteiger partial charge in [-0.3, -0.25) is 4.79 Å². The summed E-state index contributed by atoms with van der Waals surface area (Å²) in [5.74, 6) is 1.98. The van der Waals surface area contributed by atoms with E-state index in [1.54, 1.807) is 40.6 Å². The first-order valence-corrected chi connectivity index (χ1v) is 12.3. The van der Waals surface area contributed by atoms with Crippen LogP contribution in [0, 0.1) is 0 Å². The van der Waals surface area contributed by atoms with Gasteiger partial charge in [-0.2, -0.15) is 9.63 Å². The monoisotopic (exact) mass is 532 g/mol. The summed E-state index contributed by atoms with van der Waals surface area (Å²) in [7, 11) is 8.48. The molecule has 0 saturated heterocycles. The lowest BCUT2D eigenvalue weighted by Crippen LogP contribution is -2.41. The second kappa shape index (κ2) is 11.4. The molecule has 3 N–H and O–H groups in total. The number of carbonyl (C=O) groups is 1. The van der Waals surface area contributed by atoms with Crippen LogP contribution in [0.15, 0.2) is 67.5 Å². The Morgan fingerprint density at radius 1 is 1.15 bits per heavy atom. The Morgan fingerprint density at radius 2 is 1.95 bits per heavy atom. The van der Waals surface area contributed by atoms with Crippen LogP contribution in [0.1, 0.15) is 0 Å². The van der Waals surface area contributed by atoms with Crippen molar-refractivity contribution in [3.8, 4) is 17.3 Å². The number of likely N-dealkylation sites (N-methyl/N-ethyl adjacent to an activating group) is 2. The number of anilines is 4. The number of nitrogens with one attached hydrogen (secondary N) is 2. The Labute approximate surface area is 227 Å². The van der Waals surface area contributed by atoms with E-state index in [9.17, 15) is 10.0 Å². The topological polar surface area (TPSA) is 114 Å². The average Bonchev–Trinajstić information content (AvgIpc) is 3.35. The number of methoxy groups -OCH3 is 2. The summed E-state index contributed by atoms with van der Waals surface area (Å²) in [5.41, 5.74) is 2.79. The molecule has 0 spiro atoms. The van der Waals surface area contributed by atoms with Gasteiger partial charge in [0.2, 0.25) is 11.9 Å². The lowest BCUT2D eigenvalue weighted by atomic mass is 10.2. The minimum Gasteiger partial charge on any atom is -0.497 e. The Hall–Kier alpha value is -4.61. The highest BCUT2D eigenvalue weighted by atomic mass is 16.5. The molecule has 39 heavy (non-hydrogen) atoms. The molecule has 0 unspecified atom stereocenters. The van der Waals surface area contributed by atoms with Crippen LogP contribution in [0.25, 0.3) is 16.7 Å². The predicted molar refractivity (Wildman–Crippen MR) is 153 cm³/mol. The van der Waals surface area contributed by atoms with E-state index in [1.165, 1.54) is 6.08 Å². The summed E-state index contributed by atoms with van der Waals surface area (Å²) in [6.45, 7) is 4.55. The molecule has 0 aliphatic carbocycles. The third-order valence-electron chi connectivity index (χ3n) is 6.19. The Kier molecular flexibility index (Phi) is 8.03. The second-order valence-electron chi connectivity index (χ2n) is 9.50. The van der Waals surface area contributed by atoms with Crippen molar-refractivity contribution in [2.45, 2.75) is 0 Å². The molecule has 11 nitrogen and oxygen atoms in total. The van der Waals surface area contributed by atoms with E-state index in [0.29, 0.717) is 47.7 Å². The fraction of sp³-hybridized carbons (Fsp3) is 0.250. The summed E-state index contributed by atoms with van der Waals surface area (Å²) >= 11 is 0. The van der Waals surface area contributed by atoms with E-state index in [1.807, 2.05) is 59.1 Å². The van der Waals surface area contributed by atoms with Gasteiger partial charge in [0.05, 0.1) is 57.4 Å². The number of carbonyl (C=O) groups excluding carboxylic acids is 1. The zero-order chi connectivity index (χ0) is 28.2. The highest BCUT2D eigenvalue weighted by Crippen LogP contribution is 2.38. The first kappa shape index (κ1) is 27.4. The minimum atomic E-state index is -0.353. The van der Waals surface area contributed by atoms with E-state index in [2.05, 4.69) is 22.2 Å². The predicted octanol–water partition coefficient (Wildman–Crippen LogP) is 4.21. The quantitative estimate of drug-likeness (QED) is 0.150. The first-order valence-electron chi connectivity index (χ1n) is 12.3. The Bertz CT molecular complexity index is 1490. The summed E-state index contributed by atoms with van der Waals surface area (Å²) in [6, 6.07) is 13.2. The molecule has 2 heterocycles. The van der Waals surface area contributed by atoms with Crippen molar-refractivity contribution < 1.29 is 24.1 Å². The van der Waals surface area contributed by atoms with Crippen LogP contribution >= 0.6 is 0 Å². The van der Waals surface area contributed by atoms with Crippen molar-refractivity contribution in [2.75, 3.05) is 64.0 Å². The number of nitrogens with zero attached hydrogens (tertiary/aromatic N) is 5. The van der Waals surface area contributed by atoms with Gasteiger partial charge in [0, 0.05) is 30.9 Å². The number of aromatic nitrogens is 3. The molecule has 0 radical (unpaired) electrons. The van der Waals surface area contributed by atoms with Crippen LogP contribution < -0.4 is 25.0 Å². The molecule has 0 aliphatic rings. The maximum atomic E-state index is 12.2. The molecule has 0 fully saturated rings. The van der Waals surface area contributed by atoms with E-state index < -0.39 is 0 Å². The van der Waals surface area contributed by atoms with Gasteiger partial charge in [-0.15, -0.1) is 0 Å². The molecule has 11 heteroatoms. The molecule has 204 valence electrons. The maximum Gasteiger partial charge on any atom is 0.247 e. The summed E-state index contributed by atoms with van der Waals surface area (Å²) in [4.78, 5) is 23.3. The number of rotatable bonds is 11. The van der Waals surface area contributed by atoms with Gasteiger partial charge < -0.3 is 29.6 Å². The standard InChI is InChI=1S/C28H33N7O4/c1-7-27(36)30-21-17-22(25(39-6)18-24(21)33(2)14-15-35(3,4)37)31-28-29-12-10-26(32-28)34-13-11-19-16-20(38-5)8-9-23(19)34/h7-13,16-18,37H,1,14-15H2,2-6H3,(H-,29,30,31,32,36)/p+1. The highest BCUT2D eigenvalue weighted by molar-refractivity contribution is 6.02. The Balaban J connectivity index is 1.68. The molecule has 0 aliphatic heterocycles. The lowest BCUT2D eigenvalue weighted by Gasteiger charge is -2.27. The molecule has 4 rings (SSSR count). The molecular weight excluding hydrogens is 498 g/mol. The number of hydrogen-bond acceptors (Lipinski definition) is 8. The first-order chi connectivity index (χ1) is 18.6. The smallest absolute Gasteiger partial charge is 0.247 e. The maximum absolute atomic E-state index is 12.2. The van der Waals surface area contributed by atoms with Crippen molar-refractivity contribution >= 4 is 39.8 Å². The third-order valence-corrected chi connectivity index (χ3v) is 6.19. The van der Waals surface area contributed by atoms with Crippen LogP contribution in [0.4, 0.5) is 23.0 Å². The molecular formula is C28H34N7O4+. The van der Waals surface area contributed by atoms with Crippen LogP contribution in [0.2, 0.25) is 0 Å². The molecule has 2 aromatic carbocycles. The van der Waals surface area contributed by atoms with E-state index in [-0.39, 0.29) is 10.6 Å². The molecule has 1 amide bonds. The SMILES string of the molecule is C=CC(=O)Nc1cc(Nc2nccc(-n3ccc4cc(OC)ccc43)n2)c(OC)cc1N(C)CC[N+](C)(C)O. The van der Waals surface area contributed by atoms with Crippen molar-refractivity contribution in [3.05, 3.63) is 67.5 Å². The fourth-order valence-electron chi connectivity index (χ4n) is 4.06. The summed E-state index contributed by atoms with van der Waals surface area (Å²) in [5, 5.41) is 17.2. The largest absolute Gasteiger partial charge is 0.497 e. The van der Waals surface area contributed by atoms with Gasteiger partial charge in [-0.1, -0.05) is 6.58 Å². The van der Waals surface area contributed by atoms with E-state index >= 15 is 0 Å². The summed E-state index contributed by atoms with van der Waals surface area (Å²) < 4.78 is 12.8. The number of fused-ring (bicyclic) bond motifs is 1. The van der Waals surface area contributed by atoms with Crippen molar-refractivity contribution in [2.24, 2.45) is 0 Å². The third kappa shape index (κ3) is 6.46. The molecule has 0 atom stereocenters. The number of hydrogen-bond donors (Lipinski definition) is 3. The minimum absolute atomic E-state index is 0.187. The molecule has 0 saturated carbocycles. The number of hydroxylamine groups is 3. The van der Waals surface area contributed by atoms with E-state index in [0.717, 1.165) is 16.7 Å². The van der Waals surface area contributed by atoms with Gasteiger partial charge in [-0.05, 0) is 42.5 Å². The lowest BCUT2D eigenvalue weighted by molar-refractivity contribution is -1.07. The number of benzene rings is 2. The Morgan fingerprint density at radius 3 is 2.64 bits per heavy atom. The zero-order valence-electron chi connectivity index (χ0n) is 22.8. The normalized spacial score (nSPS) is 11.2. The molecule has 0 bridgehead atoms. The van der Waals surface area contributed by atoms with Gasteiger partial charge >= 0.3 is 0 Å². The fourth-order valence-corrected chi connectivity index (χ4v) is 4.06. The number of amides is 1. The van der Waals surface area contributed by atoms with Crippen LogP contribution in [0.3, 0.4) is 0 Å². The molecule has 4 aromatic rings. The van der Waals surface area contributed by atoms with Gasteiger partial charge in [0.25, 0.3) is 0 Å². The highest BCUT2D eigenvalue weighted by Gasteiger charge is 2.19. The van der Waals surface area contributed by atoms with Crippen molar-refractivity contribution in [1.29, 1.82) is 0 Å². The van der Waals surface area contributed by atoms with Gasteiger partial charge in [0.15, 0.2) is 0 Å². The van der Waals surface area contributed by atoms with Gasteiger partial charge in [0.1, 0.15) is 23.9 Å². The summed E-state index contributed by atoms with van der Waals surface area (Å²) in [6.07, 6.45) is 4.82. The average molecular weight is 533 g/mol. The van der Waals surface area contributed by atoms with Crippen LogP contribution in [-0.2, 0) is 4.79 Å². The van der Waals surface area contributed by atoms with Gasteiger partial charge in [-0.25, -0.2) is 10.2 Å². The van der Waals surface area contributed by atoms with E-state index in [4.69, 9.17) is 14.5 Å². The molecule has 2 aromatic heterocycles.